The van der Waals surface area contributed by atoms with Gasteiger partial charge in [-0.05, 0) is 30.7 Å². The Hall–Kier alpha value is -3.44. The lowest BCUT2D eigenvalue weighted by Gasteiger charge is -2.23. The highest BCUT2D eigenvalue weighted by Gasteiger charge is 2.50. The molecule has 0 bridgehead atoms. The Morgan fingerprint density at radius 3 is 2.50 bits per heavy atom. The van der Waals surface area contributed by atoms with Crippen molar-refractivity contribution >= 4 is 17.4 Å². The lowest BCUT2D eigenvalue weighted by molar-refractivity contribution is -0.135. The van der Waals surface area contributed by atoms with Gasteiger partial charge in [-0.1, -0.05) is 60.7 Å². The van der Waals surface area contributed by atoms with Gasteiger partial charge >= 0.3 is 0 Å². The van der Waals surface area contributed by atoms with Gasteiger partial charge in [0.25, 0.3) is 5.91 Å². The van der Waals surface area contributed by atoms with Crippen LogP contribution in [0.15, 0.2) is 78.9 Å². The van der Waals surface area contributed by atoms with E-state index in [1.54, 1.807) is 42.5 Å². The number of Topliss-reactive ketones (excluding diaryl/α,β-unsaturated/α-hetero) is 1. The van der Waals surface area contributed by atoms with Gasteiger partial charge in [-0.25, -0.2) is 0 Å². The number of para-hydroxylation sites is 1. The van der Waals surface area contributed by atoms with Crippen molar-refractivity contribution in [3.63, 3.8) is 0 Å². The highest BCUT2D eigenvalue weighted by molar-refractivity contribution is 6.10. The Kier molecular flexibility index (Phi) is 5.38. The zero-order valence-electron chi connectivity index (χ0n) is 16.7. The number of hydrogen-bond acceptors (Lipinski definition) is 4. The summed E-state index contributed by atoms with van der Waals surface area (Å²) >= 11 is 0. The Bertz CT molecular complexity index is 1080. The molecule has 3 aromatic carbocycles. The van der Waals surface area contributed by atoms with Gasteiger partial charge in [0.15, 0.2) is 11.4 Å². The molecule has 0 fully saturated rings. The van der Waals surface area contributed by atoms with Crippen molar-refractivity contribution in [1.29, 1.82) is 0 Å². The second-order valence-corrected chi connectivity index (χ2v) is 7.47. The highest BCUT2D eigenvalue weighted by Crippen LogP contribution is 2.42. The largest absolute Gasteiger partial charge is 0.492 e. The molecule has 1 N–H and O–H groups in total. The summed E-state index contributed by atoms with van der Waals surface area (Å²) in [5.74, 6) is -0.0515. The summed E-state index contributed by atoms with van der Waals surface area (Å²) in [4.78, 5) is 27.5. The summed E-state index contributed by atoms with van der Waals surface area (Å²) in [5.41, 5.74) is 0.738. The Labute approximate surface area is 175 Å². The lowest BCUT2D eigenvalue weighted by atomic mass is 9.88. The van der Waals surface area contributed by atoms with Crippen LogP contribution in [-0.4, -0.2) is 29.9 Å². The first-order valence-corrected chi connectivity index (χ1v) is 9.90. The summed E-state index contributed by atoms with van der Waals surface area (Å²) in [6.45, 7) is 2.52. The first kappa shape index (κ1) is 19.9. The number of nitrogens with zero attached hydrogens (tertiary/aromatic N) is 1. The Morgan fingerprint density at radius 2 is 1.73 bits per heavy atom. The standard InChI is InChI=1S/C25H23NO4/c1-18-8-7-11-20(16-18)30-15-14-26-22-13-6-5-12-21(22)25(29,24(26)28)17-23(27)19-9-3-2-4-10-19/h2-13,16,29H,14-15,17H2,1H3. The molecular formula is C25H23NO4. The number of rotatable bonds is 7. The summed E-state index contributed by atoms with van der Waals surface area (Å²) in [6, 6.07) is 23.4. The first-order valence-electron chi connectivity index (χ1n) is 9.90. The number of aryl methyl sites for hydroxylation is 1. The molecule has 3 aromatic rings. The number of carbonyl (C=O) groups excluding carboxylic acids is 2. The summed E-state index contributed by atoms with van der Waals surface area (Å²) in [5, 5.41) is 11.3. The van der Waals surface area contributed by atoms with Crippen molar-refractivity contribution in [2.45, 2.75) is 18.9 Å². The number of ether oxygens (including phenoxy) is 1. The topological polar surface area (TPSA) is 66.8 Å². The maximum Gasteiger partial charge on any atom is 0.264 e. The predicted octanol–water partition coefficient (Wildman–Crippen LogP) is 3.88. The minimum atomic E-state index is -1.88. The average Bonchev–Trinajstić information content (AvgIpc) is 2.96. The van der Waals surface area contributed by atoms with Crippen LogP contribution < -0.4 is 9.64 Å². The van der Waals surface area contributed by atoms with Gasteiger partial charge in [-0.15, -0.1) is 0 Å². The predicted molar refractivity (Wildman–Crippen MR) is 115 cm³/mol. The molecule has 1 aliphatic rings. The average molecular weight is 401 g/mol. The molecule has 1 aliphatic heterocycles. The number of anilines is 1. The minimum Gasteiger partial charge on any atom is -0.492 e. The van der Waals surface area contributed by atoms with Crippen LogP contribution in [0.3, 0.4) is 0 Å². The van der Waals surface area contributed by atoms with Crippen LogP contribution in [0.4, 0.5) is 5.69 Å². The number of ketones is 1. The van der Waals surface area contributed by atoms with Crippen LogP contribution in [0.2, 0.25) is 0 Å². The number of hydrogen-bond donors (Lipinski definition) is 1. The van der Waals surface area contributed by atoms with Gasteiger partial charge in [0, 0.05) is 11.1 Å². The van der Waals surface area contributed by atoms with Crippen molar-refractivity contribution in [1.82, 2.24) is 0 Å². The van der Waals surface area contributed by atoms with Crippen molar-refractivity contribution in [3.05, 3.63) is 95.6 Å². The van der Waals surface area contributed by atoms with E-state index in [9.17, 15) is 14.7 Å². The van der Waals surface area contributed by atoms with E-state index in [1.807, 2.05) is 43.3 Å². The van der Waals surface area contributed by atoms with E-state index in [-0.39, 0.29) is 25.4 Å². The monoisotopic (exact) mass is 401 g/mol. The third-order valence-electron chi connectivity index (χ3n) is 5.32. The van der Waals surface area contributed by atoms with Gasteiger partial charge in [-0.2, -0.15) is 0 Å². The fraction of sp³-hybridized carbons (Fsp3) is 0.200. The molecule has 30 heavy (non-hydrogen) atoms. The maximum absolute atomic E-state index is 13.2. The van der Waals surface area contributed by atoms with Crippen molar-refractivity contribution in [2.24, 2.45) is 0 Å². The van der Waals surface area contributed by atoms with Crippen LogP contribution in [0, 0.1) is 6.92 Å². The lowest BCUT2D eigenvalue weighted by Crippen LogP contribution is -2.43. The van der Waals surface area contributed by atoms with E-state index < -0.39 is 11.5 Å². The minimum absolute atomic E-state index is 0.269. The summed E-state index contributed by atoms with van der Waals surface area (Å²) in [6.07, 6.45) is -0.303. The van der Waals surface area contributed by atoms with Crippen LogP contribution in [0.25, 0.3) is 0 Å². The Morgan fingerprint density at radius 1 is 1.00 bits per heavy atom. The van der Waals surface area contributed by atoms with E-state index in [1.165, 1.54) is 4.90 Å². The molecule has 152 valence electrons. The van der Waals surface area contributed by atoms with Crippen molar-refractivity contribution < 1.29 is 19.4 Å². The fourth-order valence-electron chi connectivity index (χ4n) is 3.82. The molecule has 0 aliphatic carbocycles. The third kappa shape index (κ3) is 3.72. The maximum atomic E-state index is 13.2. The summed E-state index contributed by atoms with van der Waals surface area (Å²) in [7, 11) is 0. The molecule has 0 spiro atoms. The van der Waals surface area contributed by atoms with E-state index >= 15 is 0 Å². The molecule has 0 radical (unpaired) electrons. The van der Waals surface area contributed by atoms with Crippen LogP contribution in [-0.2, 0) is 10.4 Å². The van der Waals surface area contributed by atoms with E-state index in [0.717, 1.165) is 11.3 Å². The normalized spacial score (nSPS) is 17.7. The van der Waals surface area contributed by atoms with E-state index in [2.05, 4.69) is 0 Å². The molecule has 0 aromatic heterocycles. The zero-order chi connectivity index (χ0) is 21.1. The SMILES string of the molecule is Cc1cccc(OCCN2C(=O)C(O)(CC(=O)c3ccccc3)c3ccccc32)c1. The number of aliphatic hydroxyl groups is 1. The molecule has 4 rings (SSSR count). The van der Waals surface area contributed by atoms with E-state index in [4.69, 9.17) is 4.74 Å². The number of benzene rings is 3. The molecule has 1 heterocycles. The summed E-state index contributed by atoms with van der Waals surface area (Å²) < 4.78 is 5.79. The van der Waals surface area contributed by atoms with Gasteiger partial charge in [0.1, 0.15) is 12.4 Å². The zero-order valence-corrected chi connectivity index (χ0v) is 16.7. The second-order valence-electron chi connectivity index (χ2n) is 7.47. The molecular weight excluding hydrogens is 378 g/mol. The molecule has 5 nitrogen and oxygen atoms in total. The number of fused-ring (bicyclic) bond motifs is 1. The Balaban J connectivity index is 1.53. The van der Waals surface area contributed by atoms with Crippen LogP contribution in [0.1, 0.15) is 27.9 Å². The molecule has 0 saturated heterocycles. The molecule has 1 amide bonds. The highest BCUT2D eigenvalue weighted by atomic mass is 16.5. The van der Waals surface area contributed by atoms with Gasteiger partial charge in [0.2, 0.25) is 0 Å². The van der Waals surface area contributed by atoms with Gasteiger partial charge in [0.05, 0.1) is 18.7 Å². The molecule has 0 saturated carbocycles. The molecule has 1 unspecified atom stereocenters. The second kappa shape index (κ2) is 8.13. The third-order valence-corrected chi connectivity index (χ3v) is 5.32. The van der Waals surface area contributed by atoms with Crippen molar-refractivity contribution in [3.8, 4) is 5.75 Å². The van der Waals surface area contributed by atoms with Gasteiger partial charge in [-0.3, -0.25) is 9.59 Å². The number of carbonyl (C=O) groups is 2. The smallest absolute Gasteiger partial charge is 0.264 e. The number of amides is 1. The quantitative estimate of drug-likeness (QED) is 0.610. The molecule has 1 atom stereocenters. The fourth-order valence-corrected chi connectivity index (χ4v) is 3.82. The van der Waals surface area contributed by atoms with Crippen LogP contribution in [0.5, 0.6) is 5.75 Å². The van der Waals surface area contributed by atoms with Crippen LogP contribution >= 0.6 is 0 Å². The van der Waals surface area contributed by atoms with E-state index in [0.29, 0.717) is 16.8 Å². The van der Waals surface area contributed by atoms with Crippen molar-refractivity contribution in [2.75, 3.05) is 18.1 Å². The van der Waals surface area contributed by atoms with Gasteiger partial charge < -0.3 is 14.7 Å². The first-order chi connectivity index (χ1) is 14.5. The molecule has 5 heteroatoms.